The van der Waals surface area contributed by atoms with Crippen LogP contribution in [-0.2, 0) is 11.8 Å². The van der Waals surface area contributed by atoms with E-state index in [1.54, 1.807) is 6.92 Å². The summed E-state index contributed by atoms with van der Waals surface area (Å²) in [6.45, 7) is 3.38. The Morgan fingerprint density at radius 2 is 1.89 bits per heavy atom. The molecule has 2 aliphatic rings. The Balaban J connectivity index is 1.37. The van der Waals surface area contributed by atoms with Crippen molar-refractivity contribution in [3.63, 3.8) is 0 Å². The van der Waals surface area contributed by atoms with Crippen molar-refractivity contribution in [2.24, 2.45) is 0 Å². The molecule has 3 heterocycles. The lowest BCUT2D eigenvalue weighted by molar-refractivity contribution is -0.136. The molecule has 12 heteroatoms. The van der Waals surface area contributed by atoms with Crippen LogP contribution in [0.2, 0.25) is 0 Å². The normalized spacial score (nSPS) is 30.0. The summed E-state index contributed by atoms with van der Waals surface area (Å²) >= 11 is 0. The molecule has 0 radical (unpaired) electrons. The quantitative estimate of drug-likeness (QED) is 0.386. The van der Waals surface area contributed by atoms with Crippen LogP contribution in [0.15, 0.2) is 36.7 Å². The first-order valence-electron chi connectivity index (χ1n) is 12.4. The molecular formula is C26H29F5N4O3. The maximum atomic E-state index is 14.1. The number of imidazole rings is 1. The molecule has 1 aliphatic heterocycles. The Labute approximate surface area is 215 Å². The highest BCUT2D eigenvalue weighted by Gasteiger charge is 2.43. The standard InChI is InChI=1S/C26H29F5N4O3/c1-14-8-25(37,21-5-3-4-19(34-21)23(27)28)9-15(33-14)12-38-17-6-18(26(29,30)31)22-20(7-17)32-13-35(22)16-10-24(2,36)11-16/h3-7,13-16,23,33,36-37H,8-12H2,1-2H3/t14-,15-,16?,24?,25-/m0/s1. The summed E-state index contributed by atoms with van der Waals surface area (Å²) in [6, 6.07) is 5.45. The zero-order chi connectivity index (χ0) is 27.5. The van der Waals surface area contributed by atoms with Gasteiger partial charge in [0.25, 0.3) is 6.43 Å². The van der Waals surface area contributed by atoms with Gasteiger partial charge in [-0.25, -0.2) is 18.7 Å². The maximum Gasteiger partial charge on any atom is 0.418 e. The highest BCUT2D eigenvalue weighted by Crippen LogP contribution is 2.45. The molecule has 3 aromatic rings. The fraction of sp³-hybridized carbons (Fsp3) is 0.538. The first kappa shape index (κ1) is 26.8. The molecule has 7 nitrogen and oxygen atoms in total. The van der Waals surface area contributed by atoms with Gasteiger partial charge in [0.05, 0.1) is 34.2 Å². The highest BCUT2D eigenvalue weighted by molar-refractivity contribution is 5.82. The molecule has 0 unspecified atom stereocenters. The largest absolute Gasteiger partial charge is 0.492 e. The predicted molar refractivity (Wildman–Crippen MR) is 128 cm³/mol. The number of nitrogens with zero attached hydrogens (tertiary/aromatic N) is 3. The predicted octanol–water partition coefficient (Wildman–Crippen LogP) is 4.88. The number of aliphatic hydroxyl groups is 2. The Bertz CT molecular complexity index is 1320. The van der Waals surface area contributed by atoms with E-state index in [-0.39, 0.29) is 54.0 Å². The third kappa shape index (κ3) is 5.21. The first-order chi connectivity index (χ1) is 17.7. The molecule has 3 N–H and O–H groups in total. The minimum Gasteiger partial charge on any atom is -0.492 e. The van der Waals surface area contributed by atoms with Crippen LogP contribution in [0.1, 0.15) is 68.9 Å². The second-order valence-electron chi connectivity index (χ2n) is 10.8. The fourth-order valence-electron chi connectivity index (χ4n) is 5.74. The van der Waals surface area contributed by atoms with Crippen LogP contribution in [0.4, 0.5) is 22.0 Å². The van der Waals surface area contributed by atoms with Gasteiger partial charge in [-0.05, 0) is 51.3 Å². The van der Waals surface area contributed by atoms with Gasteiger partial charge in [0.1, 0.15) is 23.7 Å². The van der Waals surface area contributed by atoms with Gasteiger partial charge in [-0.15, -0.1) is 0 Å². The lowest BCUT2D eigenvalue weighted by Crippen LogP contribution is -2.53. The van der Waals surface area contributed by atoms with E-state index in [0.29, 0.717) is 12.8 Å². The van der Waals surface area contributed by atoms with E-state index in [1.807, 2.05) is 6.92 Å². The van der Waals surface area contributed by atoms with Gasteiger partial charge < -0.3 is 24.8 Å². The molecule has 0 amide bonds. The first-order valence-corrected chi connectivity index (χ1v) is 12.4. The lowest BCUT2D eigenvalue weighted by atomic mass is 9.77. The second kappa shape index (κ2) is 9.42. The van der Waals surface area contributed by atoms with E-state index >= 15 is 0 Å². The van der Waals surface area contributed by atoms with E-state index in [9.17, 15) is 32.2 Å². The molecule has 38 heavy (non-hydrogen) atoms. The number of pyridine rings is 1. The molecule has 2 aromatic heterocycles. The number of aromatic nitrogens is 3. The van der Waals surface area contributed by atoms with Gasteiger partial charge in [0, 0.05) is 30.6 Å². The second-order valence-corrected chi connectivity index (χ2v) is 10.8. The summed E-state index contributed by atoms with van der Waals surface area (Å²) in [5.74, 6) is -0.0305. The number of benzene rings is 1. The number of rotatable bonds is 6. The minimum atomic E-state index is -4.67. The molecule has 5 rings (SSSR count). The molecule has 1 saturated heterocycles. The summed E-state index contributed by atoms with van der Waals surface area (Å²) in [6.07, 6.45) is -5.14. The molecule has 0 spiro atoms. The van der Waals surface area contributed by atoms with Crippen molar-refractivity contribution in [2.75, 3.05) is 6.61 Å². The highest BCUT2D eigenvalue weighted by atomic mass is 19.4. The van der Waals surface area contributed by atoms with Crippen LogP contribution in [0.5, 0.6) is 5.75 Å². The SMILES string of the molecule is C[C@H]1C[C@@](O)(c2cccc(C(F)F)n2)C[C@@H](COc2cc(C(F)(F)F)c3c(c2)ncn3C2CC(C)(O)C2)N1. The number of halogens is 5. The van der Waals surface area contributed by atoms with Gasteiger partial charge >= 0.3 is 6.18 Å². The van der Waals surface area contributed by atoms with Crippen molar-refractivity contribution in [1.29, 1.82) is 0 Å². The van der Waals surface area contributed by atoms with Crippen LogP contribution < -0.4 is 10.1 Å². The third-order valence-corrected chi connectivity index (χ3v) is 7.36. The minimum absolute atomic E-state index is 0.0305. The molecule has 206 valence electrons. The Morgan fingerprint density at radius 1 is 1.16 bits per heavy atom. The monoisotopic (exact) mass is 540 g/mol. The summed E-state index contributed by atoms with van der Waals surface area (Å²) in [7, 11) is 0. The summed E-state index contributed by atoms with van der Waals surface area (Å²) < 4.78 is 75.7. The van der Waals surface area contributed by atoms with Crippen LogP contribution in [0, 0.1) is 0 Å². The molecule has 1 aliphatic carbocycles. The van der Waals surface area contributed by atoms with Crippen LogP contribution in [0.25, 0.3) is 11.0 Å². The van der Waals surface area contributed by atoms with Crippen molar-refractivity contribution < 1.29 is 36.9 Å². The summed E-state index contributed by atoms with van der Waals surface area (Å²) in [5, 5.41) is 24.6. The Morgan fingerprint density at radius 3 is 2.55 bits per heavy atom. The average Bonchev–Trinajstić information content (AvgIpc) is 3.23. The van der Waals surface area contributed by atoms with Gasteiger partial charge in [-0.2, -0.15) is 13.2 Å². The molecule has 3 atom stereocenters. The van der Waals surface area contributed by atoms with E-state index in [2.05, 4.69) is 15.3 Å². The maximum absolute atomic E-state index is 14.1. The van der Waals surface area contributed by atoms with Gasteiger partial charge in [-0.1, -0.05) is 6.07 Å². The number of hydrogen-bond acceptors (Lipinski definition) is 6. The number of ether oxygens (including phenoxy) is 1. The van der Waals surface area contributed by atoms with Crippen molar-refractivity contribution in [2.45, 2.75) is 81.5 Å². The lowest BCUT2D eigenvalue weighted by Gasteiger charge is -2.42. The number of fused-ring (bicyclic) bond motifs is 1. The smallest absolute Gasteiger partial charge is 0.418 e. The van der Waals surface area contributed by atoms with E-state index in [0.717, 1.165) is 6.07 Å². The van der Waals surface area contributed by atoms with Gasteiger partial charge in [-0.3, -0.25) is 0 Å². The number of nitrogens with one attached hydrogen (secondary N) is 1. The van der Waals surface area contributed by atoms with Crippen molar-refractivity contribution in [1.82, 2.24) is 19.9 Å². The van der Waals surface area contributed by atoms with Crippen LogP contribution in [-0.4, -0.2) is 49.0 Å². The van der Waals surface area contributed by atoms with E-state index < -0.39 is 41.1 Å². The van der Waals surface area contributed by atoms with Crippen LogP contribution >= 0.6 is 0 Å². The number of alkyl halides is 5. The number of piperidine rings is 1. The molecule has 1 aromatic carbocycles. The van der Waals surface area contributed by atoms with E-state index in [4.69, 9.17) is 4.74 Å². The summed E-state index contributed by atoms with van der Waals surface area (Å²) in [4.78, 5) is 8.12. The molecular weight excluding hydrogens is 511 g/mol. The topological polar surface area (TPSA) is 92.4 Å². The van der Waals surface area contributed by atoms with Gasteiger partial charge in [0.2, 0.25) is 0 Å². The van der Waals surface area contributed by atoms with Crippen molar-refractivity contribution in [3.05, 3.63) is 53.6 Å². The Kier molecular flexibility index (Phi) is 6.64. The van der Waals surface area contributed by atoms with Gasteiger partial charge in [0.15, 0.2) is 0 Å². The zero-order valence-corrected chi connectivity index (χ0v) is 20.8. The molecule has 0 bridgehead atoms. The third-order valence-electron chi connectivity index (χ3n) is 7.36. The van der Waals surface area contributed by atoms with E-state index in [1.165, 1.54) is 35.2 Å². The van der Waals surface area contributed by atoms with Crippen molar-refractivity contribution >= 4 is 11.0 Å². The molecule has 2 fully saturated rings. The zero-order valence-electron chi connectivity index (χ0n) is 20.8. The van der Waals surface area contributed by atoms with Crippen LogP contribution in [0.3, 0.4) is 0 Å². The summed E-state index contributed by atoms with van der Waals surface area (Å²) in [5.41, 5.74) is -3.56. The average molecular weight is 541 g/mol. The van der Waals surface area contributed by atoms with Crippen molar-refractivity contribution in [3.8, 4) is 5.75 Å². The Hall–Kier alpha value is -2.83. The fourth-order valence-corrected chi connectivity index (χ4v) is 5.74. The number of hydrogen-bond donors (Lipinski definition) is 3. The molecule has 1 saturated carbocycles.